The molecule has 1 unspecified atom stereocenters. The monoisotopic (exact) mass is 337 g/mol. The van der Waals surface area contributed by atoms with E-state index in [0.717, 1.165) is 38.8 Å². The Morgan fingerprint density at radius 2 is 1.78 bits per heavy atom. The highest BCUT2D eigenvalue weighted by Crippen LogP contribution is 2.21. The fourth-order valence-corrected chi connectivity index (χ4v) is 3.29. The van der Waals surface area contributed by atoms with E-state index in [2.05, 4.69) is 10.6 Å². The lowest BCUT2D eigenvalue weighted by molar-refractivity contribution is -0.125. The van der Waals surface area contributed by atoms with Crippen molar-refractivity contribution in [2.45, 2.75) is 37.8 Å². The molecule has 0 saturated carbocycles. The van der Waals surface area contributed by atoms with Gasteiger partial charge in [0.1, 0.15) is 6.04 Å². The van der Waals surface area contributed by atoms with Crippen molar-refractivity contribution in [1.82, 2.24) is 15.5 Å². The third-order valence-electron chi connectivity index (χ3n) is 4.52. The first-order valence-electron chi connectivity index (χ1n) is 8.13. The van der Waals surface area contributed by atoms with E-state index >= 15 is 0 Å². The number of nitrogens with zero attached hydrogens (tertiary/aromatic N) is 1. The summed E-state index contributed by atoms with van der Waals surface area (Å²) in [7, 11) is 0. The van der Waals surface area contributed by atoms with E-state index in [0.29, 0.717) is 12.1 Å². The molecule has 1 atom stereocenters. The Morgan fingerprint density at radius 3 is 2.48 bits per heavy atom. The Bertz CT molecular complexity index is 532. The van der Waals surface area contributed by atoms with Crippen molar-refractivity contribution in [3.05, 3.63) is 35.9 Å². The molecule has 2 aliphatic heterocycles. The van der Waals surface area contributed by atoms with Crippen LogP contribution in [0.25, 0.3) is 0 Å². The minimum Gasteiger partial charge on any atom is -0.351 e. The van der Waals surface area contributed by atoms with Crippen LogP contribution in [0.3, 0.4) is 0 Å². The smallest absolute Gasteiger partial charge is 0.254 e. The molecule has 0 spiro atoms. The molecule has 1 aromatic rings. The van der Waals surface area contributed by atoms with Crippen LogP contribution >= 0.6 is 12.4 Å². The minimum absolute atomic E-state index is 0. The SMILES string of the molecule is Cl.O=C(NC1CCNCC1)C1CCCN1C(=O)c1ccccc1. The summed E-state index contributed by atoms with van der Waals surface area (Å²) >= 11 is 0. The van der Waals surface area contributed by atoms with E-state index in [9.17, 15) is 9.59 Å². The molecular weight excluding hydrogens is 314 g/mol. The summed E-state index contributed by atoms with van der Waals surface area (Å²) < 4.78 is 0. The number of rotatable bonds is 3. The first kappa shape index (κ1) is 17.8. The Morgan fingerprint density at radius 1 is 1.09 bits per heavy atom. The Kier molecular flexibility index (Phi) is 6.42. The zero-order chi connectivity index (χ0) is 15.4. The van der Waals surface area contributed by atoms with Gasteiger partial charge >= 0.3 is 0 Å². The van der Waals surface area contributed by atoms with Gasteiger partial charge in [0, 0.05) is 18.2 Å². The van der Waals surface area contributed by atoms with Crippen molar-refractivity contribution in [3.8, 4) is 0 Å². The lowest BCUT2D eigenvalue weighted by Gasteiger charge is -2.28. The molecule has 2 amide bonds. The predicted molar refractivity (Wildman–Crippen MR) is 91.8 cm³/mol. The van der Waals surface area contributed by atoms with Gasteiger partial charge in [0.25, 0.3) is 5.91 Å². The van der Waals surface area contributed by atoms with E-state index in [1.54, 1.807) is 4.90 Å². The van der Waals surface area contributed by atoms with Gasteiger partial charge in [-0.3, -0.25) is 9.59 Å². The van der Waals surface area contributed by atoms with Crippen LogP contribution in [0, 0.1) is 0 Å². The molecule has 2 saturated heterocycles. The number of carbonyl (C=O) groups excluding carboxylic acids is 2. The van der Waals surface area contributed by atoms with Crippen molar-refractivity contribution in [3.63, 3.8) is 0 Å². The van der Waals surface area contributed by atoms with Gasteiger partial charge in [-0.1, -0.05) is 18.2 Å². The molecule has 23 heavy (non-hydrogen) atoms. The topological polar surface area (TPSA) is 61.4 Å². The van der Waals surface area contributed by atoms with Crippen LogP contribution in [0.2, 0.25) is 0 Å². The number of halogens is 1. The lowest BCUT2D eigenvalue weighted by atomic mass is 10.1. The van der Waals surface area contributed by atoms with Crippen LogP contribution in [0.1, 0.15) is 36.0 Å². The van der Waals surface area contributed by atoms with Crippen LogP contribution < -0.4 is 10.6 Å². The Hall–Kier alpha value is -1.59. The fraction of sp³-hybridized carbons (Fsp3) is 0.529. The van der Waals surface area contributed by atoms with Gasteiger partial charge in [0.15, 0.2) is 0 Å². The van der Waals surface area contributed by atoms with E-state index in [4.69, 9.17) is 0 Å². The molecule has 5 nitrogen and oxygen atoms in total. The molecule has 2 aliphatic rings. The van der Waals surface area contributed by atoms with Crippen molar-refractivity contribution in [1.29, 1.82) is 0 Å². The summed E-state index contributed by atoms with van der Waals surface area (Å²) in [6.45, 7) is 2.56. The Balaban J connectivity index is 0.00000192. The van der Waals surface area contributed by atoms with Gasteiger partial charge in [0.05, 0.1) is 0 Å². The summed E-state index contributed by atoms with van der Waals surface area (Å²) in [6.07, 6.45) is 3.58. The summed E-state index contributed by atoms with van der Waals surface area (Å²) in [4.78, 5) is 26.9. The second kappa shape index (κ2) is 8.31. The van der Waals surface area contributed by atoms with Crippen molar-refractivity contribution < 1.29 is 9.59 Å². The van der Waals surface area contributed by atoms with Gasteiger partial charge < -0.3 is 15.5 Å². The quantitative estimate of drug-likeness (QED) is 0.880. The highest BCUT2D eigenvalue weighted by atomic mass is 35.5. The normalized spacial score (nSPS) is 21.6. The average molecular weight is 338 g/mol. The van der Waals surface area contributed by atoms with E-state index in [-0.39, 0.29) is 36.3 Å². The van der Waals surface area contributed by atoms with E-state index in [1.807, 2.05) is 30.3 Å². The number of benzene rings is 1. The second-order valence-electron chi connectivity index (χ2n) is 6.06. The first-order chi connectivity index (χ1) is 10.8. The number of carbonyl (C=O) groups is 2. The zero-order valence-corrected chi connectivity index (χ0v) is 14.0. The van der Waals surface area contributed by atoms with Crippen LogP contribution in [-0.2, 0) is 4.79 Å². The Labute approximate surface area is 143 Å². The molecule has 0 aromatic heterocycles. The molecule has 126 valence electrons. The highest BCUT2D eigenvalue weighted by Gasteiger charge is 2.35. The largest absolute Gasteiger partial charge is 0.351 e. The van der Waals surface area contributed by atoms with Gasteiger partial charge in [-0.25, -0.2) is 0 Å². The van der Waals surface area contributed by atoms with Gasteiger partial charge in [-0.2, -0.15) is 0 Å². The van der Waals surface area contributed by atoms with E-state index in [1.165, 1.54) is 0 Å². The van der Waals surface area contributed by atoms with Gasteiger partial charge in [0.2, 0.25) is 5.91 Å². The summed E-state index contributed by atoms with van der Waals surface area (Å²) in [5.74, 6) is -0.0303. The molecule has 2 heterocycles. The van der Waals surface area contributed by atoms with Gasteiger partial charge in [-0.05, 0) is 50.9 Å². The van der Waals surface area contributed by atoms with Crippen LogP contribution in [0.5, 0.6) is 0 Å². The molecule has 0 bridgehead atoms. The lowest BCUT2D eigenvalue weighted by Crippen LogP contribution is -2.51. The maximum absolute atomic E-state index is 12.6. The number of piperidine rings is 1. The number of hydrogen-bond donors (Lipinski definition) is 2. The molecule has 0 aliphatic carbocycles. The van der Waals surface area contributed by atoms with E-state index < -0.39 is 0 Å². The summed E-state index contributed by atoms with van der Waals surface area (Å²) in [6, 6.07) is 9.14. The number of amides is 2. The maximum atomic E-state index is 12.6. The molecular formula is C17H24ClN3O2. The summed E-state index contributed by atoms with van der Waals surface area (Å²) in [5.41, 5.74) is 0.657. The molecule has 1 aromatic carbocycles. The van der Waals surface area contributed by atoms with Crippen molar-refractivity contribution in [2.24, 2.45) is 0 Å². The molecule has 6 heteroatoms. The maximum Gasteiger partial charge on any atom is 0.254 e. The average Bonchev–Trinajstić information content (AvgIpc) is 3.05. The third kappa shape index (κ3) is 4.24. The molecule has 3 rings (SSSR count). The number of nitrogens with one attached hydrogen (secondary N) is 2. The second-order valence-corrected chi connectivity index (χ2v) is 6.06. The molecule has 2 N–H and O–H groups in total. The highest BCUT2D eigenvalue weighted by molar-refractivity contribution is 5.98. The van der Waals surface area contributed by atoms with Crippen LogP contribution in [0.4, 0.5) is 0 Å². The molecule has 2 fully saturated rings. The van der Waals surface area contributed by atoms with Crippen molar-refractivity contribution in [2.75, 3.05) is 19.6 Å². The van der Waals surface area contributed by atoms with Crippen LogP contribution in [-0.4, -0.2) is 48.4 Å². The number of likely N-dealkylation sites (tertiary alicyclic amines) is 1. The summed E-state index contributed by atoms with van der Waals surface area (Å²) in [5, 5.41) is 6.41. The van der Waals surface area contributed by atoms with Crippen LogP contribution in [0.15, 0.2) is 30.3 Å². The molecule has 0 radical (unpaired) electrons. The third-order valence-corrected chi connectivity index (χ3v) is 4.52. The minimum atomic E-state index is -0.317. The zero-order valence-electron chi connectivity index (χ0n) is 13.2. The van der Waals surface area contributed by atoms with Gasteiger partial charge in [-0.15, -0.1) is 12.4 Å². The fourth-order valence-electron chi connectivity index (χ4n) is 3.29. The number of hydrogen-bond acceptors (Lipinski definition) is 3. The standard InChI is InChI=1S/C17H23N3O2.ClH/c21-16(19-14-8-10-18-11-9-14)15-7-4-12-20(15)17(22)13-5-2-1-3-6-13;/h1-3,5-6,14-15,18H,4,7-12H2,(H,19,21);1H. The first-order valence-corrected chi connectivity index (χ1v) is 8.13. The van der Waals surface area contributed by atoms with Crippen molar-refractivity contribution >= 4 is 24.2 Å². The predicted octanol–water partition coefficient (Wildman–Crippen LogP) is 1.58.